The van der Waals surface area contributed by atoms with Crippen LogP contribution < -0.4 is 0 Å². The topological polar surface area (TPSA) is 33.1 Å². The minimum Gasteiger partial charge on any atom is -0.392 e. The second-order valence-electron chi connectivity index (χ2n) is 2.60. The van der Waals surface area contributed by atoms with Crippen LogP contribution in [-0.4, -0.2) is 10.1 Å². The largest absolute Gasteiger partial charge is 0.392 e. The maximum atomic E-state index is 12.3. The Morgan fingerprint density at radius 1 is 1.62 bits per heavy atom. The Hall–Kier alpha value is -0.550. The molecule has 0 aliphatic heterocycles. The Labute approximate surface area is 82.7 Å². The van der Waals surface area contributed by atoms with Crippen molar-refractivity contribution in [2.75, 3.05) is 0 Å². The number of aromatic nitrogens is 1. The average Bonchev–Trinajstić information content (AvgIpc) is 2.07. The molecule has 72 valence electrons. The molecule has 1 aromatic rings. The van der Waals surface area contributed by atoms with Crippen LogP contribution in [0.4, 0.5) is 8.78 Å². The molecular formula is C8H8BrF2NO. The Balaban J connectivity index is 3.20. The molecule has 0 aromatic carbocycles. The van der Waals surface area contributed by atoms with Crippen LogP contribution in [0.3, 0.4) is 0 Å². The molecule has 0 bridgehead atoms. The smallest absolute Gasteiger partial charge is 0.280 e. The average molecular weight is 252 g/mol. The first-order valence-corrected chi connectivity index (χ1v) is 4.40. The van der Waals surface area contributed by atoms with E-state index in [1.807, 2.05) is 0 Å². The zero-order chi connectivity index (χ0) is 10.0. The molecule has 1 heterocycles. The molecule has 0 spiro atoms. The lowest BCUT2D eigenvalue weighted by Crippen LogP contribution is -1.99. The van der Waals surface area contributed by atoms with E-state index in [1.165, 1.54) is 6.07 Å². The van der Waals surface area contributed by atoms with Crippen molar-refractivity contribution in [1.29, 1.82) is 0 Å². The lowest BCUT2D eigenvalue weighted by atomic mass is 10.1. The number of halogens is 3. The molecule has 1 rings (SSSR count). The van der Waals surface area contributed by atoms with Gasteiger partial charge in [0.1, 0.15) is 10.3 Å². The summed E-state index contributed by atoms with van der Waals surface area (Å²) in [5.41, 5.74) is 0.660. The van der Waals surface area contributed by atoms with Gasteiger partial charge in [-0.05, 0) is 34.5 Å². The summed E-state index contributed by atoms with van der Waals surface area (Å²) in [4.78, 5) is 3.65. The summed E-state index contributed by atoms with van der Waals surface area (Å²) in [6.07, 6.45) is -2.58. The Morgan fingerprint density at radius 3 is 2.69 bits per heavy atom. The molecule has 0 unspecified atom stereocenters. The van der Waals surface area contributed by atoms with E-state index in [1.54, 1.807) is 6.92 Å². The molecule has 5 heteroatoms. The van der Waals surface area contributed by atoms with Crippen molar-refractivity contribution in [1.82, 2.24) is 4.98 Å². The van der Waals surface area contributed by atoms with Gasteiger partial charge in [0, 0.05) is 5.56 Å². The molecule has 0 saturated heterocycles. The maximum Gasteiger partial charge on any atom is 0.280 e. The second kappa shape index (κ2) is 4.11. The summed E-state index contributed by atoms with van der Waals surface area (Å²) in [6, 6.07) is 1.50. The van der Waals surface area contributed by atoms with Crippen molar-refractivity contribution >= 4 is 15.9 Å². The summed E-state index contributed by atoms with van der Waals surface area (Å²) in [5, 5.41) is 8.81. The highest BCUT2D eigenvalue weighted by Gasteiger charge is 2.14. The van der Waals surface area contributed by atoms with Crippen molar-refractivity contribution in [3.05, 3.63) is 27.5 Å². The molecule has 0 amide bonds. The Morgan fingerprint density at radius 2 is 2.23 bits per heavy atom. The van der Waals surface area contributed by atoms with E-state index in [4.69, 9.17) is 5.11 Å². The summed E-state index contributed by atoms with van der Waals surface area (Å²) in [5.74, 6) is 0. The summed E-state index contributed by atoms with van der Waals surface area (Å²) >= 11 is 3.01. The fourth-order valence-corrected chi connectivity index (χ4v) is 1.42. The summed E-state index contributed by atoms with van der Waals surface area (Å²) in [7, 11) is 0. The number of pyridine rings is 1. The first-order valence-electron chi connectivity index (χ1n) is 3.61. The molecular weight excluding hydrogens is 244 g/mol. The van der Waals surface area contributed by atoms with Crippen LogP contribution in [0.15, 0.2) is 10.7 Å². The molecule has 1 N–H and O–H groups in total. The van der Waals surface area contributed by atoms with Gasteiger partial charge in [-0.25, -0.2) is 13.8 Å². The number of hydrogen-bond donors (Lipinski definition) is 1. The van der Waals surface area contributed by atoms with Gasteiger partial charge in [0.25, 0.3) is 6.43 Å². The monoisotopic (exact) mass is 251 g/mol. The predicted molar refractivity (Wildman–Crippen MR) is 47.6 cm³/mol. The molecule has 0 fully saturated rings. The van der Waals surface area contributed by atoms with Gasteiger partial charge in [-0.2, -0.15) is 0 Å². The van der Waals surface area contributed by atoms with Crippen molar-refractivity contribution in [3.8, 4) is 0 Å². The van der Waals surface area contributed by atoms with Crippen molar-refractivity contribution in [2.24, 2.45) is 0 Å². The zero-order valence-corrected chi connectivity index (χ0v) is 8.48. The van der Waals surface area contributed by atoms with Gasteiger partial charge in [0.2, 0.25) is 0 Å². The first-order chi connectivity index (χ1) is 6.06. The predicted octanol–water partition coefficient (Wildman–Crippen LogP) is 2.58. The highest BCUT2D eigenvalue weighted by atomic mass is 79.9. The third kappa shape index (κ3) is 2.22. The molecule has 13 heavy (non-hydrogen) atoms. The number of aryl methyl sites for hydroxylation is 1. The zero-order valence-electron chi connectivity index (χ0n) is 6.89. The van der Waals surface area contributed by atoms with Gasteiger partial charge < -0.3 is 5.11 Å². The number of nitrogens with zero attached hydrogens (tertiary/aromatic N) is 1. The number of hydrogen-bond acceptors (Lipinski definition) is 2. The third-order valence-electron chi connectivity index (χ3n) is 1.66. The van der Waals surface area contributed by atoms with Crippen LogP contribution in [0, 0.1) is 6.92 Å². The normalized spacial score (nSPS) is 10.9. The van der Waals surface area contributed by atoms with Crippen LogP contribution in [0.5, 0.6) is 0 Å². The highest BCUT2D eigenvalue weighted by Crippen LogP contribution is 2.25. The fourth-order valence-electron chi connectivity index (χ4n) is 0.992. The van der Waals surface area contributed by atoms with E-state index in [0.717, 1.165) is 0 Å². The van der Waals surface area contributed by atoms with Gasteiger partial charge in [0.05, 0.1) is 6.61 Å². The van der Waals surface area contributed by atoms with Crippen molar-refractivity contribution < 1.29 is 13.9 Å². The molecule has 1 aromatic heterocycles. The summed E-state index contributed by atoms with van der Waals surface area (Å²) in [6.45, 7) is 1.33. The van der Waals surface area contributed by atoms with E-state index in [-0.39, 0.29) is 16.9 Å². The number of aliphatic hydroxyl groups excluding tert-OH is 1. The molecule has 0 aliphatic carbocycles. The van der Waals surface area contributed by atoms with Crippen LogP contribution in [0.2, 0.25) is 0 Å². The second-order valence-corrected chi connectivity index (χ2v) is 3.35. The van der Waals surface area contributed by atoms with E-state index in [9.17, 15) is 8.78 Å². The SMILES string of the molecule is Cc1cc(CO)c(Br)nc1C(F)F. The third-order valence-corrected chi connectivity index (χ3v) is 2.34. The molecule has 0 aliphatic rings. The fraction of sp³-hybridized carbons (Fsp3) is 0.375. The molecule has 2 nitrogen and oxygen atoms in total. The number of alkyl halides is 2. The lowest BCUT2D eigenvalue weighted by molar-refractivity contribution is 0.145. The quantitative estimate of drug-likeness (QED) is 0.820. The highest BCUT2D eigenvalue weighted by molar-refractivity contribution is 9.10. The van der Waals surface area contributed by atoms with Gasteiger partial charge in [0.15, 0.2) is 0 Å². The lowest BCUT2D eigenvalue weighted by Gasteiger charge is -2.07. The van der Waals surface area contributed by atoms with E-state index < -0.39 is 6.43 Å². The van der Waals surface area contributed by atoms with Crippen molar-refractivity contribution in [3.63, 3.8) is 0 Å². The van der Waals surface area contributed by atoms with Gasteiger partial charge in [-0.15, -0.1) is 0 Å². The van der Waals surface area contributed by atoms with Gasteiger partial charge in [-0.1, -0.05) is 0 Å². The number of aliphatic hydroxyl groups is 1. The maximum absolute atomic E-state index is 12.3. The van der Waals surface area contributed by atoms with E-state index >= 15 is 0 Å². The van der Waals surface area contributed by atoms with E-state index in [0.29, 0.717) is 11.1 Å². The van der Waals surface area contributed by atoms with Gasteiger partial charge in [-0.3, -0.25) is 0 Å². The minimum atomic E-state index is -2.58. The standard InChI is InChI=1S/C8H8BrF2NO/c1-4-2-5(3-13)7(9)12-6(4)8(10)11/h2,8,13H,3H2,1H3. The van der Waals surface area contributed by atoms with Crippen molar-refractivity contribution in [2.45, 2.75) is 20.0 Å². The van der Waals surface area contributed by atoms with Gasteiger partial charge >= 0.3 is 0 Å². The Kier molecular flexibility index (Phi) is 3.33. The first kappa shape index (κ1) is 10.5. The number of rotatable bonds is 2. The molecule has 0 atom stereocenters. The van der Waals surface area contributed by atoms with Crippen LogP contribution in [0.25, 0.3) is 0 Å². The molecule has 0 saturated carbocycles. The Bertz CT molecular complexity index is 317. The van der Waals surface area contributed by atoms with Crippen LogP contribution in [-0.2, 0) is 6.61 Å². The summed E-state index contributed by atoms with van der Waals surface area (Å²) < 4.78 is 24.9. The van der Waals surface area contributed by atoms with Crippen LogP contribution in [0.1, 0.15) is 23.2 Å². The molecule has 0 radical (unpaired) electrons. The van der Waals surface area contributed by atoms with Crippen LogP contribution >= 0.6 is 15.9 Å². The minimum absolute atomic E-state index is 0.210. The van der Waals surface area contributed by atoms with E-state index in [2.05, 4.69) is 20.9 Å².